The first-order valence-electron chi connectivity index (χ1n) is 9.87. The predicted octanol–water partition coefficient (Wildman–Crippen LogP) is 3.79. The van der Waals surface area contributed by atoms with Gasteiger partial charge in [-0.1, -0.05) is 26.0 Å². The fourth-order valence-electron chi connectivity index (χ4n) is 3.50. The molecule has 1 aromatic heterocycles. The minimum absolute atomic E-state index is 0.0898. The molecule has 164 valence electrons. The van der Waals surface area contributed by atoms with Gasteiger partial charge in [-0.05, 0) is 30.9 Å². The van der Waals surface area contributed by atoms with Crippen molar-refractivity contribution >= 4 is 23.0 Å². The van der Waals surface area contributed by atoms with Crippen LogP contribution in [0.4, 0.5) is 18.0 Å². The number of piperidine rings is 1. The van der Waals surface area contributed by atoms with Crippen molar-refractivity contribution in [3.8, 4) is 0 Å². The Bertz CT molecular complexity index is 856. The molecular formula is C20H25F3N4O3. The van der Waals surface area contributed by atoms with Gasteiger partial charge in [0.05, 0.1) is 17.1 Å². The number of likely N-dealkylation sites (tertiary alicyclic amines) is 1. The third-order valence-corrected chi connectivity index (χ3v) is 5.15. The van der Waals surface area contributed by atoms with Crippen LogP contribution in [-0.2, 0) is 9.53 Å². The molecule has 3 rings (SSSR count). The lowest BCUT2D eigenvalue weighted by Crippen LogP contribution is -2.45. The number of rotatable bonds is 5. The average molecular weight is 426 g/mol. The number of carbonyl (C=O) groups excluding carboxylic acids is 2. The Hall–Kier alpha value is -2.78. The molecule has 0 spiro atoms. The quantitative estimate of drug-likeness (QED) is 0.762. The molecule has 10 heteroatoms. The number of fused-ring (bicyclic) bond motifs is 1. The zero-order chi connectivity index (χ0) is 21.9. The van der Waals surface area contributed by atoms with E-state index in [9.17, 15) is 22.8 Å². The number of amides is 2. The normalized spacial score (nSPS) is 16.7. The van der Waals surface area contributed by atoms with Crippen LogP contribution >= 0.6 is 0 Å². The number of aromatic amines is 1. The molecule has 7 nitrogen and oxygen atoms in total. The highest BCUT2D eigenvalue weighted by molar-refractivity contribution is 5.80. The van der Waals surface area contributed by atoms with Crippen LogP contribution in [-0.4, -0.2) is 52.7 Å². The smallest absolute Gasteiger partial charge is 0.422 e. The third-order valence-electron chi connectivity index (χ3n) is 5.15. The molecule has 2 amide bonds. The number of nitrogens with zero attached hydrogens (tertiary/aromatic N) is 2. The number of halogens is 3. The number of H-pyrrole nitrogens is 1. The lowest BCUT2D eigenvalue weighted by molar-refractivity contribution is -0.162. The highest BCUT2D eigenvalue weighted by Crippen LogP contribution is 2.25. The number of para-hydroxylation sites is 2. The molecule has 0 saturated carbocycles. The molecule has 1 fully saturated rings. The number of hydrogen-bond donors (Lipinski definition) is 2. The Labute approximate surface area is 172 Å². The Morgan fingerprint density at radius 2 is 1.93 bits per heavy atom. The summed E-state index contributed by atoms with van der Waals surface area (Å²) in [6.45, 7) is 2.70. The average Bonchev–Trinajstić information content (AvgIpc) is 3.13. The summed E-state index contributed by atoms with van der Waals surface area (Å²) >= 11 is 0. The van der Waals surface area contributed by atoms with E-state index in [1.807, 2.05) is 38.1 Å². The van der Waals surface area contributed by atoms with Gasteiger partial charge in [-0.15, -0.1) is 0 Å². The monoisotopic (exact) mass is 426 g/mol. The zero-order valence-electron chi connectivity index (χ0n) is 16.8. The fraction of sp³-hybridized carbons (Fsp3) is 0.550. The number of carbonyl (C=O) groups is 2. The number of hydrogen-bond acceptors (Lipinski definition) is 4. The first kappa shape index (κ1) is 21.9. The standard InChI is InChI=1S/C20H25F3N4O3/c1-12(2)16(17-24-14-5-3-4-6-15(14)25-17)26-18(28)13-7-9-27(10-8-13)19(29)30-11-20(21,22)23/h3-6,12-13,16H,7-11H2,1-2H3,(H,24,25)(H,26,28). The number of alkyl halides is 3. The number of nitrogens with one attached hydrogen (secondary N) is 2. The van der Waals surface area contributed by atoms with Gasteiger partial charge in [-0.2, -0.15) is 13.2 Å². The SMILES string of the molecule is CC(C)C(NC(=O)C1CCN(C(=O)OCC(F)(F)F)CC1)c1nc2ccccc2[nH]1. The maximum absolute atomic E-state index is 12.8. The van der Waals surface area contributed by atoms with Gasteiger partial charge in [0.25, 0.3) is 0 Å². The Balaban J connectivity index is 1.56. The van der Waals surface area contributed by atoms with Gasteiger partial charge in [0.15, 0.2) is 6.61 Å². The largest absolute Gasteiger partial charge is 0.440 e. The van der Waals surface area contributed by atoms with Crippen LogP contribution < -0.4 is 5.32 Å². The van der Waals surface area contributed by atoms with E-state index in [4.69, 9.17) is 0 Å². The minimum atomic E-state index is -4.56. The molecule has 1 atom stereocenters. The molecule has 1 aromatic carbocycles. The third kappa shape index (κ3) is 5.43. The van der Waals surface area contributed by atoms with Gasteiger partial charge < -0.3 is 19.9 Å². The molecule has 2 aromatic rings. The Morgan fingerprint density at radius 1 is 1.27 bits per heavy atom. The van der Waals surface area contributed by atoms with Crippen molar-refractivity contribution in [3.05, 3.63) is 30.1 Å². The zero-order valence-corrected chi connectivity index (χ0v) is 16.8. The van der Waals surface area contributed by atoms with Crippen LogP contribution in [0.2, 0.25) is 0 Å². The van der Waals surface area contributed by atoms with E-state index in [0.29, 0.717) is 18.7 Å². The molecule has 0 aliphatic carbocycles. The number of aromatic nitrogens is 2. The highest BCUT2D eigenvalue weighted by atomic mass is 19.4. The molecule has 1 aliphatic rings. The first-order chi connectivity index (χ1) is 14.1. The first-order valence-corrected chi connectivity index (χ1v) is 9.87. The summed E-state index contributed by atoms with van der Waals surface area (Å²) in [6, 6.07) is 7.30. The lowest BCUT2D eigenvalue weighted by atomic mass is 9.94. The summed E-state index contributed by atoms with van der Waals surface area (Å²) < 4.78 is 40.8. The van der Waals surface area contributed by atoms with Crippen LogP contribution in [0.3, 0.4) is 0 Å². The summed E-state index contributed by atoms with van der Waals surface area (Å²) in [5, 5.41) is 3.04. The van der Waals surface area contributed by atoms with Crippen LogP contribution in [0.1, 0.15) is 38.6 Å². The van der Waals surface area contributed by atoms with Crippen molar-refractivity contribution in [2.24, 2.45) is 11.8 Å². The summed E-state index contributed by atoms with van der Waals surface area (Å²) in [5.74, 6) is 0.277. The number of benzene rings is 1. The van der Waals surface area contributed by atoms with E-state index >= 15 is 0 Å². The second-order valence-corrected chi connectivity index (χ2v) is 7.80. The van der Waals surface area contributed by atoms with Crippen LogP contribution in [0.15, 0.2) is 24.3 Å². The van der Waals surface area contributed by atoms with Crippen LogP contribution in [0.25, 0.3) is 11.0 Å². The van der Waals surface area contributed by atoms with E-state index in [1.165, 1.54) is 4.90 Å². The molecule has 0 bridgehead atoms. The van der Waals surface area contributed by atoms with Gasteiger partial charge >= 0.3 is 12.3 Å². The number of ether oxygens (including phenoxy) is 1. The van der Waals surface area contributed by atoms with Crippen molar-refractivity contribution in [1.29, 1.82) is 0 Å². The summed E-state index contributed by atoms with van der Waals surface area (Å²) in [6.07, 6.45) is -4.85. The van der Waals surface area contributed by atoms with Crippen molar-refractivity contribution in [1.82, 2.24) is 20.2 Å². The molecule has 2 N–H and O–H groups in total. The van der Waals surface area contributed by atoms with Crippen molar-refractivity contribution in [2.75, 3.05) is 19.7 Å². The molecule has 1 aliphatic heterocycles. The lowest BCUT2D eigenvalue weighted by Gasteiger charge is -2.32. The molecule has 30 heavy (non-hydrogen) atoms. The maximum atomic E-state index is 12.8. The van der Waals surface area contributed by atoms with Gasteiger partial charge in [-0.25, -0.2) is 9.78 Å². The van der Waals surface area contributed by atoms with Crippen molar-refractivity contribution < 1.29 is 27.5 Å². The van der Waals surface area contributed by atoms with E-state index < -0.39 is 18.9 Å². The van der Waals surface area contributed by atoms with Gasteiger partial charge in [0, 0.05) is 19.0 Å². The summed E-state index contributed by atoms with van der Waals surface area (Å²) in [5.41, 5.74) is 1.70. The predicted molar refractivity (Wildman–Crippen MR) is 104 cm³/mol. The second-order valence-electron chi connectivity index (χ2n) is 7.80. The fourth-order valence-corrected chi connectivity index (χ4v) is 3.50. The molecular weight excluding hydrogens is 401 g/mol. The highest BCUT2D eigenvalue weighted by Gasteiger charge is 2.33. The molecule has 1 saturated heterocycles. The summed E-state index contributed by atoms with van der Waals surface area (Å²) in [7, 11) is 0. The van der Waals surface area contributed by atoms with Gasteiger partial charge in [0.2, 0.25) is 5.91 Å². The second kappa shape index (κ2) is 8.93. The van der Waals surface area contributed by atoms with Gasteiger partial charge in [0.1, 0.15) is 5.82 Å². The summed E-state index contributed by atoms with van der Waals surface area (Å²) in [4.78, 5) is 33.6. The van der Waals surface area contributed by atoms with E-state index in [0.717, 1.165) is 11.0 Å². The molecule has 0 radical (unpaired) electrons. The van der Waals surface area contributed by atoms with Gasteiger partial charge in [-0.3, -0.25) is 4.79 Å². The Kier molecular flexibility index (Phi) is 6.52. The molecule has 1 unspecified atom stereocenters. The topological polar surface area (TPSA) is 87.3 Å². The number of imidazole rings is 1. The van der Waals surface area contributed by atoms with E-state index in [-0.39, 0.29) is 36.9 Å². The maximum Gasteiger partial charge on any atom is 0.422 e. The van der Waals surface area contributed by atoms with E-state index in [2.05, 4.69) is 20.0 Å². The Morgan fingerprint density at radius 3 is 2.53 bits per heavy atom. The van der Waals surface area contributed by atoms with Crippen LogP contribution in [0.5, 0.6) is 0 Å². The molecule has 2 heterocycles. The van der Waals surface area contributed by atoms with Crippen molar-refractivity contribution in [2.45, 2.75) is 38.9 Å². The van der Waals surface area contributed by atoms with Crippen molar-refractivity contribution in [3.63, 3.8) is 0 Å². The minimum Gasteiger partial charge on any atom is -0.440 e. The van der Waals surface area contributed by atoms with E-state index in [1.54, 1.807) is 0 Å². The van der Waals surface area contributed by atoms with Crippen LogP contribution in [0, 0.1) is 11.8 Å².